The molecule has 4 heteroatoms. The van der Waals surface area contributed by atoms with E-state index in [-0.39, 0.29) is 0 Å². The fraction of sp³-hybridized carbons (Fsp3) is 0.750. The van der Waals surface area contributed by atoms with Crippen LogP contribution in [0, 0.1) is 5.92 Å². The van der Waals surface area contributed by atoms with Crippen LogP contribution < -0.4 is 0 Å². The van der Waals surface area contributed by atoms with Crippen LogP contribution in [0.5, 0.6) is 0 Å². The van der Waals surface area contributed by atoms with Gasteiger partial charge in [-0.1, -0.05) is 0 Å². The SMILES string of the molecule is CC(Cl)C1CCN(CCn2cccn2)CC1. The molecule has 1 saturated heterocycles. The molecular weight excluding hydrogens is 222 g/mol. The molecule has 1 aliphatic rings. The number of hydrogen-bond acceptors (Lipinski definition) is 2. The lowest BCUT2D eigenvalue weighted by molar-refractivity contribution is 0.176. The topological polar surface area (TPSA) is 21.1 Å². The molecular formula is C12H20ClN3. The lowest BCUT2D eigenvalue weighted by atomic mass is 9.94. The summed E-state index contributed by atoms with van der Waals surface area (Å²) in [6.45, 7) is 6.58. The summed E-state index contributed by atoms with van der Waals surface area (Å²) >= 11 is 6.13. The second-order valence-corrected chi connectivity index (χ2v) is 5.31. The van der Waals surface area contributed by atoms with Crippen LogP contribution in [-0.2, 0) is 6.54 Å². The van der Waals surface area contributed by atoms with Crippen molar-refractivity contribution in [3.8, 4) is 0 Å². The molecule has 0 bridgehead atoms. The Kier molecular flexibility index (Phi) is 4.24. The third-order valence-electron chi connectivity index (χ3n) is 3.49. The van der Waals surface area contributed by atoms with Crippen molar-refractivity contribution in [2.24, 2.45) is 5.92 Å². The van der Waals surface area contributed by atoms with Crippen molar-refractivity contribution < 1.29 is 0 Å². The fourth-order valence-corrected chi connectivity index (χ4v) is 2.56. The summed E-state index contributed by atoms with van der Waals surface area (Å²) in [6, 6.07) is 1.97. The molecule has 0 spiro atoms. The molecule has 0 aliphatic carbocycles. The summed E-state index contributed by atoms with van der Waals surface area (Å²) < 4.78 is 2.00. The van der Waals surface area contributed by atoms with E-state index >= 15 is 0 Å². The molecule has 16 heavy (non-hydrogen) atoms. The molecule has 1 aliphatic heterocycles. The lowest BCUT2D eigenvalue weighted by Gasteiger charge is -2.32. The largest absolute Gasteiger partial charge is 0.301 e. The van der Waals surface area contributed by atoms with Gasteiger partial charge in [0.25, 0.3) is 0 Å². The van der Waals surface area contributed by atoms with E-state index in [0.29, 0.717) is 11.3 Å². The highest BCUT2D eigenvalue weighted by molar-refractivity contribution is 6.20. The molecule has 1 fully saturated rings. The number of likely N-dealkylation sites (tertiary alicyclic amines) is 1. The van der Waals surface area contributed by atoms with E-state index in [1.807, 2.05) is 23.1 Å². The fourth-order valence-electron chi connectivity index (χ4n) is 2.31. The van der Waals surface area contributed by atoms with E-state index in [9.17, 15) is 0 Å². The molecule has 2 heterocycles. The zero-order valence-electron chi connectivity index (χ0n) is 9.85. The van der Waals surface area contributed by atoms with Crippen molar-refractivity contribution in [3.63, 3.8) is 0 Å². The van der Waals surface area contributed by atoms with Crippen LogP contribution in [0.4, 0.5) is 0 Å². The van der Waals surface area contributed by atoms with Gasteiger partial charge in [-0.25, -0.2) is 0 Å². The average Bonchev–Trinajstić information content (AvgIpc) is 2.80. The Morgan fingerprint density at radius 3 is 2.69 bits per heavy atom. The third kappa shape index (κ3) is 3.22. The maximum Gasteiger partial charge on any atom is 0.0536 e. The molecule has 2 rings (SSSR count). The third-order valence-corrected chi connectivity index (χ3v) is 3.84. The van der Waals surface area contributed by atoms with Gasteiger partial charge in [-0.05, 0) is 44.8 Å². The van der Waals surface area contributed by atoms with Crippen LogP contribution in [-0.4, -0.2) is 39.7 Å². The molecule has 0 radical (unpaired) electrons. The molecule has 3 nitrogen and oxygen atoms in total. The van der Waals surface area contributed by atoms with Gasteiger partial charge in [0, 0.05) is 24.3 Å². The first kappa shape index (κ1) is 11.9. The Labute approximate surface area is 102 Å². The monoisotopic (exact) mass is 241 g/mol. The Balaban J connectivity index is 1.69. The highest BCUT2D eigenvalue weighted by atomic mass is 35.5. The van der Waals surface area contributed by atoms with Crippen molar-refractivity contribution in [2.45, 2.75) is 31.7 Å². The van der Waals surface area contributed by atoms with Gasteiger partial charge in [0.2, 0.25) is 0 Å². The number of hydrogen-bond donors (Lipinski definition) is 0. The standard InChI is InChI=1S/C12H20ClN3/c1-11(13)12-3-7-15(8-4-12)9-10-16-6-2-5-14-16/h2,5-6,11-12H,3-4,7-10H2,1H3. The lowest BCUT2D eigenvalue weighted by Crippen LogP contribution is -2.37. The van der Waals surface area contributed by atoms with E-state index in [2.05, 4.69) is 16.9 Å². The Morgan fingerprint density at radius 2 is 2.12 bits per heavy atom. The van der Waals surface area contributed by atoms with Crippen LogP contribution in [0.15, 0.2) is 18.5 Å². The predicted octanol–water partition coefficient (Wildman–Crippen LogP) is 2.22. The van der Waals surface area contributed by atoms with Crippen molar-refractivity contribution in [3.05, 3.63) is 18.5 Å². The summed E-state index contributed by atoms with van der Waals surface area (Å²) in [5, 5.41) is 4.54. The quantitative estimate of drug-likeness (QED) is 0.754. The zero-order chi connectivity index (χ0) is 11.4. The smallest absolute Gasteiger partial charge is 0.0536 e. The summed E-state index contributed by atoms with van der Waals surface area (Å²) in [4.78, 5) is 2.51. The van der Waals surface area contributed by atoms with Crippen LogP contribution in [0.1, 0.15) is 19.8 Å². The van der Waals surface area contributed by atoms with Gasteiger partial charge in [-0.2, -0.15) is 5.10 Å². The van der Waals surface area contributed by atoms with Gasteiger partial charge < -0.3 is 4.90 Å². The number of halogens is 1. The maximum absolute atomic E-state index is 6.13. The molecule has 0 amide bonds. The first-order chi connectivity index (χ1) is 7.75. The molecule has 1 unspecified atom stereocenters. The van der Waals surface area contributed by atoms with Gasteiger partial charge in [0.05, 0.1) is 6.54 Å². The van der Waals surface area contributed by atoms with Crippen LogP contribution in [0.25, 0.3) is 0 Å². The summed E-state index contributed by atoms with van der Waals surface area (Å²) in [5.74, 6) is 0.711. The highest BCUT2D eigenvalue weighted by Crippen LogP contribution is 2.23. The first-order valence-electron chi connectivity index (χ1n) is 6.09. The van der Waals surface area contributed by atoms with E-state index in [0.717, 1.165) is 13.1 Å². The Morgan fingerprint density at radius 1 is 1.38 bits per heavy atom. The molecule has 0 saturated carbocycles. The van der Waals surface area contributed by atoms with E-state index in [1.54, 1.807) is 0 Å². The minimum absolute atomic E-state index is 0.327. The normalized spacial score (nSPS) is 21.1. The second kappa shape index (κ2) is 5.69. The minimum Gasteiger partial charge on any atom is -0.301 e. The number of aromatic nitrogens is 2. The Bertz CT molecular complexity index is 289. The molecule has 0 aromatic carbocycles. The van der Waals surface area contributed by atoms with Gasteiger partial charge in [0.15, 0.2) is 0 Å². The van der Waals surface area contributed by atoms with Crippen LogP contribution in [0.3, 0.4) is 0 Å². The summed E-state index contributed by atoms with van der Waals surface area (Å²) in [5.41, 5.74) is 0. The van der Waals surface area contributed by atoms with Gasteiger partial charge in [-0.15, -0.1) is 11.6 Å². The van der Waals surface area contributed by atoms with Gasteiger partial charge in [0.1, 0.15) is 0 Å². The van der Waals surface area contributed by atoms with Crippen molar-refractivity contribution >= 4 is 11.6 Å². The van der Waals surface area contributed by atoms with E-state index < -0.39 is 0 Å². The predicted molar refractivity (Wildman–Crippen MR) is 66.7 cm³/mol. The molecule has 0 N–H and O–H groups in total. The van der Waals surface area contributed by atoms with E-state index in [1.165, 1.54) is 25.9 Å². The number of nitrogens with zero attached hydrogens (tertiary/aromatic N) is 3. The average molecular weight is 242 g/mol. The minimum atomic E-state index is 0.327. The summed E-state index contributed by atoms with van der Waals surface area (Å²) in [7, 11) is 0. The molecule has 90 valence electrons. The van der Waals surface area contributed by atoms with Crippen LogP contribution >= 0.6 is 11.6 Å². The first-order valence-corrected chi connectivity index (χ1v) is 6.53. The molecule has 1 atom stereocenters. The number of rotatable bonds is 4. The number of alkyl halides is 1. The molecule has 1 aromatic heterocycles. The number of piperidine rings is 1. The maximum atomic E-state index is 6.13. The molecule has 1 aromatic rings. The second-order valence-electron chi connectivity index (χ2n) is 4.63. The van der Waals surface area contributed by atoms with Crippen molar-refractivity contribution in [2.75, 3.05) is 19.6 Å². The van der Waals surface area contributed by atoms with Gasteiger partial charge >= 0.3 is 0 Å². The van der Waals surface area contributed by atoms with Crippen molar-refractivity contribution in [1.29, 1.82) is 0 Å². The van der Waals surface area contributed by atoms with E-state index in [4.69, 9.17) is 11.6 Å². The zero-order valence-corrected chi connectivity index (χ0v) is 10.6. The highest BCUT2D eigenvalue weighted by Gasteiger charge is 2.22. The van der Waals surface area contributed by atoms with Crippen LogP contribution in [0.2, 0.25) is 0 Å². The van der Waals surface area contributed by atoms with Gasteiger partial charge in [-0.3, -0.25) is 4.68 Å². The Hall–Kier alpha value is -0.540. The van der Waals surface area contributed by atoms with Crippen molar-refractivity contribution in [1.82, 2.24) is 14.7 Å². The summed E-state index contributed by atoms with van der Waals surface area (Å²) in [6.07, 6.45) is 6.34.